The number of rotatable bonds is 8. The maximum Gasteiger partial charge on any atom is 0.320 e. The molecule has 0 aliphatic heterocycles. The maximum atomic E-state index is 12.1. The van der Waals surface area contributed by atoms with Crippen LogP contribution in [0.2, 0.25) is 0 Å². The van der Waals surface area contributed by atoms with Gasteiger partial charge in [0, 0.05) is 33.6 Å². The second-order valence-corrected chi connectivity index (χ2v) is 4.30. The van der Waals surface area contributed by atoms with Gasteiger partial charge in [-0.1, -0.05) is 6.92 Å². The van der Waals surface area contributed by atoms with Gasteiger partial charge < -0.3 is 20.2 Å². The minimum Gasteiger partial charge on any atom is -0.481 e. The number of carbonyl (C=O) groups excluding carboxylic acids is 2. The van der Waals surface area contributed by atoms with E-state index in [0.29, 0.717) is 19.5 Å². The van der Waals surface area contributed by atoms with Crippen molar-refractivity contribution in [3.05, 3.63) is 0 Å². The topological polar surface area (TPSA) is 90.0 Å². The number of aliphatic carboxylic acids is 1. The van der Waals surface area contributed by atoms with E-state index >= 15 is 0 Å². The van der Waals surface area contributed by atoms with Crippen LogP contribution in [-0.4, -0.2) is 66.5 Å². The Morgan fingerprint density at radius 1 is 1.21 bits per heavy atom. The van der Waals surface area contributed by atoms with E-state index in [-0.39, 0.29) is 24.9 Å². The minimum atomic E-state index is -0.878. The van der Waals surface area contributed by atoms with Gasteiger partial charge in [-0.15, -0.1) is 0 Å². The van der Waals surface area contributed by atoms with Crippen LogP contribution < -0.4 is 5.32 Å². The summed E-state index contributed by atoms with van der Waals surface area (Å²) >= 11 is 0. The van der Waals surface area contributed by atoms with Crippen molar-refractivity contribution in [1.82, 2.24) is 15.1 Å². The number of hydrogen-bond donors (Lipinski definition) is 2. The average molecular weight is 273 g/mol. The number of carbonyl (C=O) groups is 3. The quantitative estimate of drug-likeness (QED) is 0.668. The highest BCUT2D eigenvalue weighted by molar-refractivity contribution is 5.83. The first-order valence-electron chi connectivity index (χ1n) is 6.34. The summed E-state index contributed by atoms with van der Waals surface area (Å²) in [4.78, 5) is 36.7. The van der Waals surface area contributed by atoms with Gasteiger partial charge in [-0.05, 0) is 12.8 Å². The zero-order valence-corrected chi connectivity index (χ0v) is 11.8. The molecule has 0 spiro atoms. The van der Waals surface area contributed by atoms with Gasteiger partial charge in [0.25, 0.3) is 0 Å². The maximum absolute atomic E-state index is 12.1. The molecule has 0 saturated carbocycles. The fourth-order valence-electron chi connectivity index (χ4n) is 1.57. The molecule has 0 heterocycles. The van der Waals surface area contributed by atoms with Gasteiger partial charge in [0.05, 0.1) is 0 Å². The standard InChI is InChI=1S/C12H23N3O4/c1-4-7-15(9-10(16)13-2)12(19)14(3)8-5-6-11(17)18/h4-9H2,1-3H3,(H,13,16)(H,17,18). The smallest absolute Gasteiger partial charge is 0.320 e. The van der Waals surface area contributed by atoms with Gasteiger partial charge in [0.15, 0.2) is 0 Å². The zero-order valence-electron chi connectivity index (χ0n) is 11.8. The zero-order chi connectivity index (χ0) is 14.8. The molecule has 0 aromatic heterocycles. The third-order valence-electron chi connectivity index (χ3n) is 2.59. The van der Waals surface area contributed by atoms with E-state index < -0.39 is 5.97 Å². The van der Waals surface area contributed by atoms with E-state index in [1.54, 1.807) is 7.05 Å². The van der Waals surface area contributed by atoms with Crippen LogP contribution in [0.4, 0.5) is 4.79 Å². The number of amides is 3. The van der Waals surface area contributed by atoms with E-state index in [9.17, 15) is 14.4 Å². The molecule has 0 bridgehead atoms. The predicted octanol–water partition coefficient (Wildman–Crippen LogP) is 0.361. The van der Waals surface area contributed by atoms with Crippen molar-refractivity contribution in [3.63, 3.8) is 0 Å². The lowest BCUT2D eigenvalue weighted by Crippen LogP contribution is -2.46. The fourth-order valence-corrected chi connectivity index (χ4v) is 1.57. The van der Waals surface area contributed by atoms with E-state index in [0.717, 1.165) is 6.42 Å². The lowest BCUT2D eigenvalue weighted by molar-refractivity contribution is -0.137. The third kappa shape index (κ3) is 7.28. The van der Waals surface area contributed by atoms with Crippen LogP contribution >= 0.6 is 0 Å². The fraction of sp³-hybridized carbons (Fsp3) is 0.750. The molecule has 19 heavy (non-hydrogen) atoms. The number of hydrogen-bond acceptors (Lipinski definition) is 3. The first-order valence-corrected chi connectivity index (χ1v) is 6.34. The Hall–Kier alpha value is -1.79. The van der Waals surface area contributed by atoms with Crippen LogP contribution in [0, 0.1) is 0 Å². The van der Waals surface area contributed by atoms with Crippen molar-refractivity contribution < 1.29 is 19.5 Å². The Morgan fingerprint density at radius 3 is 2.32 bits per heavy atom. The summed E-state index contributed by atoms with van der Waals surface area (Å²) in [6.45, 7) is 2.80. The lowest BCUT2D eigenvalue weighted by atomic mass is 10.3. The van der Waals surface area contributed by atoms with E-state index in [1.165, 1.54) is 16.8 Å². The molecule has 7 heteroatoms. The largest absolute Gasteiger partial charge is 0.481 e. The lowest BCUT2D eigenvalue weighted by Gasteiger charge is -2.27. The summed E-state index contributed by atoms with van der Waals surface area (Å²) in [5.74, 6) is -1.10. The summed E-state index contributed by atoms with van der Waals surface area (Å²) in [6, 6.07) is -0.254. The number of carboxylic acid groups (broad SMARTS) is 1. The van der Waals surface area contributed by atoms with Crippen LogP contribution in [0.1, 0.15) is 26.2 Å². The highest BCUT2D eigenvalue weighted by Gasteiger charge is 2.19. The number of nitrogens with one attached hydrogen (secondary N) is 1. The summed E-state index contributed by atoms with van der Waals surface area (Å²) < 4.78 is 0. The molecule has 0 fully saturated rings. The molecule has 0 aliphatic rings. The van der Waals surface area contributed by atoms with Gasteiger partial charge in [-0.2, -0.15) is 0 Å². The van der Waals surface area contributed by atoms with Crippen molar-refractivity contribution in [3.8, 4) is 0 Å². The van der Waals surface area contributed by atoms with Crippen molar-refractivity contribution >= 4 is 17.9 Å². The Labute approximate surface area is 113 Å². The minimum absolute atomic E-state index is 0.0203. The van der Waals surface area contributed by atoms with Crippen LogP contribution in [0.5, 0.6) is 0 Å². The molecule has 0 saturated heterocycles. The molecule has 0 aromatic carbocycles. The summed E-state index contributed by atoms with van der Waals surface area (Å²) in [6.07, 6.45) is 1.18. The van der Waals surface area contributed by atoms with Gasteiger partial charge in [-0.3, -0.25) is 9.59 Å². The number of carboxylic acids is 1. The first kappa shape index (κ1) is 17.2. The van der Waals surface area contributed by atoms with Crippen LogP contribution in [-0.2, 0) is 9.59 Å². The number of nitrogens with zero attached hydrogens (tertiary/aromatic N) is 2. The van der Waals surface area contributed by atoms with Crippen LogP contribution in [0.25, 0.3) is 0 Å². The number of likely N-dealkylation sites (N-methyl/N-ethyl adjacent to an activating group) is 1. The molecule has 7 nitrogen and oxygen atoms in total. The third-order valence-corrected chi connectivity index (χ3v) is 2.59. The average Bonchev–Trinajstić information content (AvgIpc) is 2.36. The Morgan fingerprint density at radius 2 is 1.84 bits per heavy atom. The van der Waals surface area contributed by atoms with E-state index in [2.05, 4.69) is 5.32 Å². The Bertz CT molecular complexity index is 320. The van der Waals surface area contributed by atoms with Crippen molar-refractivity contribution in [2.45, 2.75) is 26.2 Å². The highest BCUT2D eigenvalue weighted by Crippen LogP contribution is 2.01. The molecule has 0 aliphatic carbocycles. The van der Waals surface area contributed by atoms with Crippen LogP contribution in [0.15, 0.2) is 0 Å². The highest BCUT2D eigenvalue weighted by atomic mass is 16.4. The Kier molecular flexibility index (Phi) is 8.32. The predicted molar refractivity (Wildman–Crippen MR) is 70.8 cm³/mol. The van der Waals surface area contributed by atoms with Gasteiger partial charge in [0.2, 0.25) is 5.91 Å². The van der Waals surface area contributed by atoms with Crippen molar-refractivity contribution in [1.29, 1.82) is 0 Å². The van der Waals surface area contributed by atoms with Crippen molar-refractivity contribution in [2.75, 3.05) is 33.7 Å². The van der Waals surface area contributed by atoms with Gasteiger partial charge >= 0.3 is 12.0 Å². The van der Waals surface area contributed by atoms with Crippen LogP contribution in [0.3, 0.4) is 0 Å². The van der Waals surface area contributed by atoms with E-state index in [4.69, 9.17) is 5.11 Å². The number of urea groups is 1. The monoisotopic (exact) mass is 273 g/mol. The Balaban J connectivity index is 4.35. The summed E-state index contributed by atoms with van der Waals surface area (Å²) in [5, 5.41) is 11.0. The molecule has 2 N–H and O–H groups in total. The second-order valence-electron chi connectivity index (χ2n) is 4.30. The molecule has 0 unspecified atom stereocenters. The molecule has 0 rings (SSSR count). The summed E-state index contributed by atoms with van der Waals surface area (Å²) in [7, 11) is 3.13. The molecule has 110 valence electrons. The molecule has 0 aromatic rings. The first-order chi connectivity index (χ1) is 8.92. The normalized spacial score (nSPS) is 9.84. The van der Waals surface area contributed by atoms with Gasteiger partial charge in [0.1, 0.15) is 6.54 Å². The second kappa shape index (κ2) is 9.18. The SMILES string of the molecule is CCCN(CC(=O)NC)C(=O)N(C)CCCC(=O)O. The molecule has 0 radical (unpaired) electrons. The molecular formula is C12H23N3O4. The molecule has 3 amide bonds. The molecular weight excluding hydrogens is 250 g/mol. The summed E-state index contributed by atoms with van der Waals surface area (Å²) in [5.41, 5.74) is 0. The van der Waals surface area contributed by atoms with Crippen molar-refractivity contribution in [2.24, 2.45) is 0 Å². The molecule has 0 atom stereocenters. The van der Waals surface area contributed by atoms with E-state index in [1.807, 2.05) is 6.92 Å². The van der Waals surface area contributed by atoms with Gasteiger partial charge in [-0.25, -0.2) is 4.79 Å².